The normalized spacial score (nSPS) is 31.4. The largest absolute Gasteiger partial charge is 0.461 e. The zero-order valence-electron chi connectivity index (χ0n) is 15.9. The van der Waals surface area contributed by atoms with Gasteiger partial charge in [0.05, 0.1) is 23.2 Å². The Balaban J connectivity index is 1.99. The smallest absolute Gasteiger partial charge is 0.312 e. The van der Waals surface area contributed by atoms with Gasteiger partial charge in [-0.2, -0.15) is 0 Å². The van der Waals surface area contributed by atoms with E-state index in [0.717, 1.165) is 0 Å². The number of rotatable bonds is 4. The van der Waals surface area contributed by atoms with Gasteiger partial charge in [0.2, 0.25) is 0 Å². The van der Waals surface area contributed by atoms with Crippen LogP contribution >= 0.6 is 23.2 Å². The molecule has 160 valence electrons. The van der Waals surface area contributed by atoms with Gasteiger partial charge in [0, 0.05) is 29.0 Å². The van der Waals surface area contributed by atoms with E-state index in [2.05, 4.69) is 11.9 Å². The van der Waals surface area contributed by atoms with E-state index in [1.165, 1.54) is 30.0 Å². The second-order valence-electron chi connectivity index (χ2n) is 7.82. The van der Waals surface area contributed by atoms with Crippen LogP contribution < -0.4 is 5.32 Å². The van der Waals surface area contributed by atoms with Gasteiger partial charge in [-0.1, -0.05) is 35.9 Å². The number of benzene rings is 1. The molecule has 3 aliphatic rings. The van der Waals surface area contributed by atoms with Crippen molar-refractivity contribution < 1.29 is 27.9 Å². The van der Waals surface area contributed by atoms with Gasteiger partial charge >= 0.3 is 5.97 Å². The Morgan fingerprint density at radius 3 is 2.73 bits per heavy atom. The number of hydrogen-bond donors (Lipinski definition) is 1. The number of fused-ring (bicyclic) bond motifs is 4. The molecule has 1 aromatic rings. The summed E-state index contributed by atoms with van der Waals surface area (Å²) in [4.78, 5) is 40.4. The van der Waals surface area contributed by atoms with Crippen LogP contribution in [0.1, 0.15) is 18.9 Å². The Morgan fingerprint density at radius 2 is 2.10 bits per heavy atom. The molecule has 0 saturated carbocycles. The summed E-state index contributed by atoms with van der Waals surface area (Å²) in [6.45, 7) is 3.77. The topological polar surface area (TPSA) is 75.7 Å². The van der Waals surface area contributed by atoms with E-state index in [1.807, 2.05) is 0 Å². The monoisotopic (exact) mass is 458 g/mol. The SMILES string of the molecule is C=CCOC(=O)[C@H]1[C@@H](C(C)=O)[C@H]2CC(F)(F)CN2[C@]12C(=O)Nc1c(Cl)cc(Cl)cc12. The molecule has 2 fully saturated rings. The zero-order valence-corrected chi connectivity index (χ0v) is 17.4. The number of ether oxygens (including phenoxy) is 1. The summed E-state index contributed by atoms with van der Waals surface area (Å²) >= 11 is 12.4. The zero-order chi connectivity index (χ0) is 22.0. The molecule has 0 aliphatic carbocycles. The van der Waals surface area contributed by atoms with Gasteiger partial charge in [0.1, 0.15) is 17.9 Å². The first-order valence-corrected chi connectivity index (χ1v) is 10.0. The van der Waals surface area contributed by atoms with Crippen molar-refractivity contribution in [1.29, 1.82) is 0 Å². The van der Waals surface area contributed by atoms with Gasteiger partial charge in [-0.3, -0.25) is 19.3 Å². The van der Waals surface area contributed by atoms with Gasteiger partial charge in [-0.25, -0.2) is 8.78 Å². The van der Waals surface area contributed by atoms with Crippen molar-refractivity contribution in [3.63, 3.8) is 0 Å². The van der Waals surface area contributed by atoms with Crippen molar-refractivity contribution in [2.24, 2.45) is 11.8 Å². The highest BCUT2D eigenvalue weighted by molar-refractivity contribution is 6.38. The molecule has 1 spiro atoms. The van der Waals surface area contributed by atoms with E-state index in [1.54, 1.807) is 0 Å². The van der Waals surface area contributed by atoms with Crippen LogP contribution in [0.25, 0.3) is 0 Å². The molecule has 0 bridgehead atoms. The van der Waals surface area contributed by atoms with E-state index >= 15 is 0 Å². The van der Waals surface area contributed by atoms with Gasteiger partial charge in [-0.15, -0.1) is 0 Å². The molecule has 0 radical (unpaired) electrons. The second-order valence-corrected chi connectivity index (χ2v) is 8.66. The van der Waals surface area contributed by atoms with Crippen molar-refractivity contribution in [1.82, 2.24) is 4.90 Å². The minimum absolute atomic E-state index is 0.106. The Bertz CT molecular complexity index is 986. The number of halogens is 4. The molecule has 6 nitrogen and oxygen atoms in total. The third kappa shape index (κ3) is 2.81. The summed E-state index contributed by atoms with van der Waals surface area (Å²) < 4.78 is 34.1. The highest BCUT2D eigenvalue weighted by Crippen LogP contribution is 2.61. The molecular weight excluding hydrogens is 441 g/mol. The maximum Gasteiger partial charge on any atom is 0.312 e. The van der Waals surface area contributed by atoms with Crippen molar-refractivity contribution >= 4 is 46.5 Å². The molecule has 0 unspecified atom stereocenters. The van der Waals surface area contributed by atoms with Gasteiger partial charge < -0.3 is 10.1 Å². The third-order valence-electron chi connectivity index (χ3n) is 6.10. The number of nitrogens with zero attached hydrogens (tertiary/aromatic N) is 1. The quantitative estimate of drug-likeness (QED) is 0.552. The number of carbonyl (C=O) groups excluding carboxylic acids is 3. The molecule has 1 aromatic carbocycles. The molecule has 3 aliphatic heterocycles. The fourth-order valence-corrected chi connectivity index (χ4v) is 5.74. The minimum Gasteiger partial charge on any atom is -0.461 e. The van der Waals surface area contributed by atoms with Crippen LogP contribution in [0.4, 0.5) is 14.5 Å². The summed E-state index contributed by atoms with van der Waals surface area (Å²) in [7, 11) is 0. The van der Waals surface area contributed by atoms with Crippen molar-refractivity contribution in [2.75, 3.05) is 18.5 Å². The molecule has 10 heteroatoms. The maximum absolute atomic E-state index is 14.5. The molecule has 30 heavy (non-hydrogen) atoms. The van der Waals surface area contributed by atoms with E-state index in [4.69, 9.17) is 27.9 Å². The van der Waals surface area contributed by atoms with Gasteiger partial charge in [0.25, 0.3) is 11.8 Å². The number of hydrogen-bond acceptors (Lipinski definition) is 5. The third-order valence-corrected chi connectivity index (χ3v) is 6.62. The number of alkyl halides is 2. The van der Waals surface area contributed by atoms with Gasteiger partial charge in [0.15, 0.2) is 0 Å². The van der Waals surface area contributed by atoms with E-state index in [-0.39, 0.29) is 27.9 Å². The Labute approximate surface area is 181 Å². The Hall–Kier alpha value is -2.03. The lowest BCUT2D eigenvalue weighted by atomic mass is 9.73. The van der Waals surface area contributed by atoms with Crippen molar-refractivity contribution in [3.8, 4) is 0 Å². The summed E-state index contributed by atoms with van der Waals surface area (Å²) in [6.07, 6.45) is 0.690. The lowest BCUT2D eigenvalue weighted by molar-refractivity contribution is -0.157. The molecule has 1 amide bonds. The molecular formula is C20H18Cl2F2N2O4. The fourth-order valence-electron chi connectivity index (χ4n) is 5.19. The first kappa shape index (κ1) is 21.2. The second kappa shape index (κ2) is 7.00. The predicted molar refractivity (Wildman–Crippen MR) is 106 cm³/mol. The number of Topliss-reactive ketones (excluding diaryl/α,β-unsaturated/α-hetero) is 1. The van der Waals surface area contributed by atoms with Crippen LogP contribution in [0.2, 0.25) is 10.0 Å². The van der Waals surface area contributed by atoms with Crippen LogP contribution in [-0.2, 0) is 24.7 Å². The lowest BCUT2D eigenvalue weighted by Gasteiger charge is -2.36. The number of carbonyl (C=O) groups is 3. The average Bonchev–Trinajstić information content (AvgIpc) is 3.20. The number of ketones is 1. The van der Waals surface area contributed by atoms with Crippen molar-refractivity contribution in [3.05, 3.63) is 40.4 Å². The molecule has 2 saturated heterocycles. The molecule has 4 rings (SSSR count). The maximum atomic E-state index is 14.5. The van der Waals surface area contributed by atoms with E-state index in [0.29, 0.717) is 0 Å². The first-order chi connectivity index (χ1) is 14.0. The van der Waals surface area contributed by atoms with Crippen molar-refractivity contribution in [2.45, 2.75) is 30.8 Å². The lowest BCUT2D eigenvalue weighted by Crippen LogP contribution is -2.54. The van der Waals surface area contributed by atoms with Crippen LogP contribution in [0.5, 0.6) is 0 Å². The predicted octanol–water partition coefficient (Wildman–Crippen LogP) is 3.41. The summed E-state index contributed by atoms with van der Waals surface area (Å²) in [6, 6.07) is 1.80. The standard InChI is InChI=1S/C20H18Cl2F2N2O4/c1-3-4-30-17(28)15-14(9(2)27)13-7-19(23,24)8-26(13)20(15)11-5-10(21)6-12(22)16(11)25-18(20)29/h3,5-6,13-15H,1,4,7-8H2,2H3,(H,25,29)/t13-,14+,15-,20+/m1/s1. The minimum atomic E-state index is -3.13. The van der Waals surface area contributed by atoms with Crippen LogP contribution in [0, 0.1) is 11.8 Å². The van der Waals surface area contributed by atoms with E-state index in [9.17, 15) is 23.2 Å². The Morgan fingerprint density at radius 1 is 1.40 bits per heavy atom. The molecule has 0 aromatic heterocycles. The number of esters is 1. The highest BCUT2D eigenvalue weighted by Gasteiger charge is 2.74. The Kier molecular flexibility index (Phi) is 4.95. The number of amides is 1. The average molecular weight is 459 g/mol. The number of nitrogens with one attached hydrogen (secondary N) is 1. The highest BCUT2D eigenvalue weighted by atomic mass is 35.5. The number of anilines is 1. The van der Waals surface area contributed by atoms with Gasteiger partial charge in [-0.05, 0) is 19.1 Å². The summed E-state index contributed by atoms with van der Waals surface area (Å²) in [5.41, 5.74) is -1.51. The molecule has 1 N–H and O–H groups in total. The molecule has 4 atom stereocenters. The molecule has 3 heterocycles. The fraction of sp³-hybridized carbons (Fsp3) is 0.450. The first-order valence-electron chi connectivity index (χ1n) is 9.28. The van der Waals surface area contributed by atoms with Crippen LogP contribution in [0.15, 0.2) is 24.8 Å². The van der Waals surface area contributed by atoms with Crippen LogP contribution in [-0.4, -0.2) is 47.7 Å². The summed E-state index contributed by atoms with van der Waals surface area (Å²) in [5, 5.41) is 2.89. The van der Waals surface area contributed by atoms with E-state index < -0.39 is 60.0 Å². The summed E-state index contributed by atoms with van der Waals surface area (Å²) in [5.74, 6) is -7.67. The van der Waals surface area contributed by atoms with Crippen LogP contribution in [0.3, 0.4) is 0 Å².